The maximum absolute atomic E-state index is 12.4. The van der Waals surface area contributed by atoms with Crippen LogP contribution in [-0.2, 0) is 19.4 Å². The molecule has 25 heavy (non-hydrogen) atoms. The normalized spacial score (nSPS) is 23.0. The summed E-state index contributed by atoms with van der Waals surface area (Å²) in [4.78, 5) is 19.6. The zero-order chi connectivity index (χ0) is 16.8. The first-order valence-corrected chi connectivity index (χ1v) is 10.3. The molecule has 1 unspecified atom stereocenters. The number of anilines is 1. The van der Waals surface area contributed by atoms with Crippen LogP contribution in [-0.4, -0.2) is 31.7 Å². The van der Waals surface area contributed by atoms with Gasteiger partial charge in [0, 0.05) is 30.1 Å². The molecular weight excluding hydrogens is 334 g/mol. The molecule has 0 aromatic carbocycles. The van der Waals surface area contributed by atoms with Gasteiger partial charge in [-0.1, -0.05) is 6.42 Å². The Balaban J connectivity index is 1.36. The molecule has 6 nitrogen and oxygen atoms in total. The van der Waals surface area contributed by atoms with Gasteiger partial charge >= 0.3 is 0 Å². The van der Waals surface area contributed by atoms with Crippen LogP contribution in [0.5, 0.6) is 0 Å². The Hall–Kier alpha value is -1.76. The van der Waals surface area contributed by atoms with E-state index in [0.29, 0.717) is 18.5 Å². The summed E-state index contributed by atoms with van der Waals surface area (Å²) in [6, 6.07) is 2.10. The van der Waals surface area contributed by atoms with Crippen molar-refractivity contribution >= 4 is 16.7 Å². The molecule has 0 spiro atoms. The molecule has 3 aliphatic rings. The number of hydrogen-bond acceptors (Lipinski definition) is 6. The zero-order valence-electron chi connectivity index (χ0n) is 14.4. The number of nitrogens with zero attached hydrogens (tertiary/aromatic N) is 5. The van der Waals surface area contributed by atoms with Crippen LogP contribution in [0.25, 0.3) is 0 Å². The average Bonchev–Trinajstić information content (AvgIpc) is 3.26. The van der Waals surface area contributed by atoms with Gasteiger partial charge in [0.15, 0.2) is 0 Å². The van der Waals surface area contributed by atoms with Crippen molar-refractivity contribution in [2.75, 3.05) is 11.4 Å². The minimum atomic E-state index is 0.0416. The van der Waals surface area contributed by atoms with Crippen LogP contribution >= 0.6 is 11.5 Å². The van der Waals surface area contributed by atoms with E-state index >= 15 is 0 Å². The van der Waals surface area contributed by atoms with E-state index in [9.17, 15) is 4.79 Å². The van der Waals surface area contributed by atoms with Crippen LogP contribution in [0.3, 0.4) is 0 Å². The Morgan fingerprint density at radius 3 is 2.92 bits per heavy atom. The van der Waals surface area contributed by atoms with E-state index < -0.39 is 0 Å². The van der Waals surface area contributed by atoms with Gasteiger partial charge < -0.3 is 4.90 Å². The first-order chi connectivity index (χ1) is 12.3. The van der Waals surface area contributed by atoms with Crippen LogP contribution in [0.4, 0.5) is 5.13 Å². The third-order valence-corrected chi connectivity index (χ3v) is 6.70. The highest BCUT2D eigenvalue weighted by atomic mass is 32.1. The van der Waals surface area contributed by atoms with Gasteiger partial charge in [0.05, 0.1) is 18.3 Å². The van der Waals surface area contributed by atoms with E-state index in [1.165, 1.54) is 30.8 Å². The Bertz CT molecular complexity index is 840. The Morgan fingerprint density at radius 1 is 1.16 bits per heavy atom. The molecule has 0 bridgehead atoms. The van der Waals surface area contributed by atoms with Crippen molar-refractivity contribution in [2.24, 2.45) is 0 Å². The quantitative estimate of drug-likeness (QED) is 0.841. The molecule has 1 saturated heterocycles. The number of fused-ring (bicyclic) bond motifs is 1. The van der Waals surface area contributed by atoms with Gasteiger partial charge in [-0.25, -0.2) is 9.67 Å². The first-order valence-electron chi connectivity index (χ1n) is 9.48. The van der Waals surface area contributed by atoms with Crippen LogP contribution in [0, 0.1) is 0 Å². The number of rotatable bonds is 4. The Kier molecular flexibility index (Phi) is 3.84. The largest absolute Gasteiger partial charge is 0.342 e. The molecule has 0 N–H and O–H groups in total. The predicted molar refractivity (Wildman–Crippen MR) is 97.4 cm³/mol. The fourth-order valence-corrected chi connectivity index (χ4v) is 5.07. The predicted octanol–water partition coefficient (Wildman–Crippen LogP) is 2.52. The summed E-state index contributed by atoms with van der Waals surface area (Å²) in [7, 11) is 0. The zero-order valence-corrected chi connectivity index (χ0v) is 15.2. The Morgan fingerprint density at radius 2 is 2.08 bits per heavy atom. The van der Waals surface area contributed by atoms with E-state index in [1.807, 2.05) is 0 Å². The highest BCUT2D eigenvalue weighted by Crippen LogP contribution is 2.37. The fourth-order valence-electron chi connectivity index (χ4n) is 4.22. The van der Waals surface area contributed by atoms with Crippen molar-refractivity contribution in [2.45, 2.75) is 69.9 Å². The number of hydrogen-bond donors (Lipinski definition) is 0. The van der Waals surface area contributed by atoms with Crippen molar-refractivity contribution in [1.82, 2.24) is 19.1 Å². The van der Waals surface area contributed by atoms with Gasteiger partial charge in [-0.05, 0) is 50.5 Å². The van der Waals surface area contributed by atoms with Gasteiger partial charge in [-0.3, -0.25) is 4.79 Å². The van der Waals surface area contributed by atoms with Crippen molar-refractivity contribution in [1.29, 1.82) is 0 Å². The molecule has 7 heteroatoms. The molecule has 0 radical (unpaired) electrons. The minimum absolute atomic E-state index is 0.0416. The molecule has 1 atom stereocenters. The lowest BCUT2D eigenvalue weighted by Gasteiger charge is -2.24. The van der Waals surface area contributed by atoms with Crippen molar-refractivity contribution < 1.29 is 0 Å². The maximum Gasteiger partial charge on any atom is 0.267 e. The third-order valence-electron chi connectivity index (χ3n) is 5.93. The van der Waals surface area contributed by atoms with E-state index in [1.54, 1.807) is 10.7 Å². The van der Waals surface area contributed by atoms with Crippen LogP contribution in [0.15, 0.2) is 10.9 Å². The van der Waals surface area contributed by atoms with Gasteiger partial charge in [0.1, 0.15) is 5.82 Å². The molecule has 3 heterocycles. The lowest BCUT2D eigenvalue weighted by atomic mass is 9.85. The summed E-state index contributed by atoms with van der Waals surface area (Å²) in [5.74, 6) is 1.61. The fraction of sp³-hybridized carbons (Fsp3) is 0.667. The monoisotopic (exact) mass is 357 g/mol. The highest BCUT2D eigenvalue weighted by molar-refractivity contribution is 7.09. The smallest absolute Gasteiger partial charge is 0.267 e. The average molecular weight is 357 g/mol. The summed E-state index contributed by atoms with van der Waals surface area (Å²) in [6.45, 7) is 1.66. The number of aromatic nitrogens is 4. The van der Waals surface area contributed by atoms with E-state index in [4.69, 9.17) is 4.98 Å². The lowest BCUT2D eigenvalue weighted by Crippen LogP contribution is -2.37. The molecule has 1 aliphatic heterocycles. The molecule has 2 aromatic heterocycles. The van der Waals surface area contributed by atoms with Crippen LogP contribution in [0.2, 0.25) is 0 Å². The Labute approximate surface area is 151 Å². The number of aryl methyl sites for hydroxylation is 2. The van der Waals surface area contributed by atoms with Gasteiger partial charge in [-0.2, -0.15) is 9.47 Å². The summed E-state index contributed by atoms with van der Waals surface area (Å²) in [5, 5.41) is 5.67. The molecule has 2 aromatic rings. The lowest BCUT2D eigenvalue weighted by molar-refractivity contribution is 0.404. The molecule has 2 fully saturated rings. The van der Waals surface area contributed by atoms with Crippen LogP contribution < -0.4 is 10.5 Å². The van der Waals surface area contributed by atoms with Crippen molar-refractivity contribution in [3.63, 3.8) is 0 Å². The van der Waals surface area contributed by atoms with Crippen LogP contribution in [0.1, 0.15) is 61.5 Å². The second kappa shape index (κ2) is 6.20. The summed E-state index contributed by atoms with van der Waals surface area (Å²) < 4.78 is 6.28. The SMILES string of the molecule is O=c1cc2c(nn1CC1CCCN1c1nc(C3CCC3)ns1)CCC2. The third kappa shape index (κ3) is 2.78. The molecular formula is C18H23N5OS. The standard InChI is InChI=1S/C18H23N5OS/c24-16-10-13-6-2-8-15(13)20-23(16)11-14-7-3-9-22(14)18-19-17(21-25-18)12-4-1-5-12/h10,12,14H,1-9,11H2. The molecule has 1 saturated carbocycles. The molecule has 0 amide bonds. The topological polar surface area (TPSA) is 63.9 Å². The van der Waals surface area contributed by atoms with E-state index in [-0.39, 0.29) is 5.56 Å². The van der Waals surface area contributed by atoms with E-state index in [0.717, 1.165) is 60.9 Å². The first kappa shape index (κ1) is 15.5. The molecule has 132 valence electrons. The summed E-state index contributed by atoms with van der Waals surface area (Å²) in [6.07, 6.45) is 9.12. The maximum atomic E-state index is 12.4. The van der Waals surface area contributed by atoms with Gasteiger partial charge in [-0.15, -0.1) is 0 Å². The van der Waals surface area contributed by atoms with Crippen molar-refractivity contribution in [3.05, 3.63) is 33.5 Å². The van der Waals surface area contributed by atoms with Crippen molar-refractivity contribution in [3.8, 4) is 0 Å². The van der Waals surface area contributed by atoms with Gasteiger partial charge in [0.2, 0.25) is 5.13 Å². The summed E-state index contributed by atoms with van der Waals surface area (Å²) in [5.41, 5.74) is 2.31. The van der Waals surface area contributed by atoms with Gasteiger partial charge in [0.25, 0.3) is 5.56 Å². The second-order valence-corrected chi connectivity index (χ2v) is 8.27. The van der Waals surface area contributed by atoms with E-state index in [2.05, 4.69) is 14.4 Å². The molecule has 5 rings (SSSR count). The minimum Gasteiger partial charge on any atom is -0.342 e. The highest BCUT2D eigenvalue weighted by Gasteiger charge is 2.30. The summed E-state index contributed by atoms with van der Waals surface area (Å²) >= 11 is 1.52. The molecule has 2 aliphatic carbocycles. The second-order valence-electron chi connectivity index (χ2n) is 7.54.